The van der Waals surface area contributed by atoms with E-state index in [1.807, 2.05) is 36.4 Å². The molecule has 0 aliphatic heterocycles. The highest BCUT2D eigenvalue weighted by molar-refractivity contribution is 6.38. The summed E-state index contributed by atoms with van der Waals surface area (Å²) in [6.45, 7) is 0.712. The summed E-state index contributed by atoms with van der Waals surface area (Å²) in [7, 11) is 3.26. The molecule has 5 nitrogen and oxygen atoms in total. The molecule has 30 heavy (non-hydrogen) atoms. The number of para-hydroxylation sites is 1. The van der Waals surface area contributed by atoms with E-state index in [0.717, 1.165) is 47.0 Å². The SMILES string of the molecule is COc1ccc(CCn2c3c(c4ccccc42)C(=O)C2=C3CCCC2=O)cc1OC. The Bertz CT molecular complexity index is 1230. The van der Waals surface area contributed by atoms with Gasteiger partial charge in [0, 0.05) is 23.9 Å². The quantitative estimate of drug-likeness (QED) is 0.586. The van der Waals surface area contributed by atoms with Gasteiger partial charge in [-0.15, -0.1) is 0 Å². The number of carbonyl (C=O) groups is 2. The molecule has 3 aromatic rings. The molecule has 0 radical (unpaired) electrons. The predicted molar refractivity (Wildman–Crippen MR) is 115 cm³/mol. The van der Waals surface area contributed by atoms with Gasteiger partial charge in [0.2, 0.25) is 0 Å². The molecule has 2 aromatic carbocycles. The van der Waals surface area contributed by atoms with Crippen molar-refractivity contribution in [1.29, 1.82) is 0 Å². The number of ketones is 2. The molecule has 5 heteroatoms. The van der Waals surface area contributed by atoms with Crippen LogP contribution < -0.4 is 9.47 Å². The molecule has 0 saturated carbocycles. The van der Waals surface area contributed by atoms with Crippen molar-refractivity contribution in [3.8, 4) is 11.5 Å². The Labute approximate surface area is 174 Å². The third-order valence-corrected chi connectivity index (χ3v) is 6.19. The average Bonchev–Trinajstić information content (AvgIpc) is 3.26. The fourth-order valence-corrected chi connectivity index (χ4v) is 4.83. The van der Waals surface area contributed by atoms with Crippen molar-refractivity contribution < 1.29 is 19.1 Å². The summed E-state index contributed by atoms with van der Waals surface area (Å²) in [5.41, 5.74) is 5.19. The maximum absolute atomic E-state index is 13.2. The van der Waals surface area contributed by atoms with Crippen molar-refractivity contribution in [3.63, 3.8) is 0 Å². The molecule has 0 spiro atoms. The molecule has 152 valence electrons. The molecule has 0 bridgehead atoms. The van der Waals surface area contributed by atoms with Crippen molar-refractivity contribution in [2.75, 3.05) is 14.2 Å². The number of benzene rings is 2. The zero-order valence-corrected chi connectivity index (χ0v) is 17.2. The number of ether oxygens (including phenoxy) is 2. The summed E-state index contributed by atoms with van der Waals surface area (Å²) >= 11 is 0. The van der Waals surface area contributed by atoms with Gasteiger partial charge in [-0.25, -0.2) is 0 Å². The molecule has 0 atom stereocenters. The summed E-state index contributed by atoms with van der Waals surface area (Å²) in [4.78, 5) is 25.7. The van der Waals surface area contributed by atoms with Crippen LogP contribution in [0.2, 0.25) is 0 Å². The van der Waals surface area contributed by atoms with Gasteiger partial charge in [-0.3, -0.25) is 9.59 Å². The third-order valence-electron chi connectivity index (χ3n) is 6.19. The number of allylic oxidation sites excluding steroid dienone is 2. The molecule has 1 aromatic heterocycles. The van der Waals surface area contributed by atoms with Crippen LogP contribution in [-0.4, -0.2) is 30.4 Å². The van der Waals surface area contributed by atoms with Gasteiger partial charge in [-0.1, -0.05) is 24.3 Å². The minimum Gasteiger partial charge on any atom is -0.493 e. The van der Waals surface area contributed by atoms with Crippen LogP contribution in [0.3, 0.4) is 0 Å². The zero-order valence-electron chi connectivity index (χ0n) is 17.2. The second kappa shape index (κ2) is 7.17. The lowest BCUT2D eigenvalue weighted by atomic mass is 9.91. The van der Waals surface area contributed by atoms with Crippen LogP contribution in [0.25, 0.3) is 16.5 Å². The highest BCUT2D eigenvalue weighted by Crippen LogP contribution is 2.44. The minimum atomic E-state index is -0.0919. The number of aromatic nitrogens is 1. The van der Waals surface area contributed by atoms with Gasteiger partial charge in [0.15, 0.2) is 23.1 Å². The van der Waals surface area contributed by atoms with Gasteiger partial charge in [0.25, 0.3) is 0 Å². The number of Topliss-reactive ketones (excluding diaryl/α,β-unsaturated/α-hetero) is 2. The molecular formula is C25H23NO4. The highest BCUT2D eigenvalue weighted by Gasteiger charge is 2.39. The van der Waals surface area contributed by atoms with Crippen LogP contribution in [0.4, 0.5) is 0 Å². The monoisotopic (exact) mass is 401 g/mol. The van der Waals surface area contributed by atoms with Crippen LogP contribution >= 0.6 is 0 Å². The van der Waals surface area contributed by atoms with Crippen molar-refractivity contribution in [1.82, 2.24) is 4.57 Å². The second-order valence-corrected chi connectivity index (χ2v) is 7.79. The number of rotatable bonds is 5. The first-order valence-electron chi connectivity index (χ1n) is 10.3. The fourth-order valence-electron chi connectivity index (χ4n) is 4.83. The first kappa shape index (κ1) is 18.7. The van der Waals surface area contributed by atoms with Crippen LogP contribution in [-0.2, 0) is 17.8 Å². The van der Waals surface area contributed by atoms with Crippen LogP contribution in [0.1, 0.15) is 40.9 Å². The number of aryl methyl sites for hydroxylation is 2. The third kappa shape index (κ3) is 2.69. The number of hydrogen-bond donors (Lipinski definition) is 0. The molecule has 0 N–H and O–H groups in total. The van der Waals surface area contributed by atoms with E-state index in [2.05, 4.69) is 10.6 Å². The van der Waals surface area contributed by atoms with E-state index in [1.165, 1.54) is 0 Å². The first-order valence-corrected chi connectivity index (χ1v) is 10.3. The lowest BCUT2D eigenvalue weighted by Gasteiger charge is -2.17. The Kier molecular flexibility index (Phi) is 4.46. The van der Waals surface area contributed by atoms with Crippen LogP contribution in [0.5, 0.6) is 11.5 Å². The molecule has 5 rings (SSSR count). The lowest BCUT2D eigenvalue weighted by molar-refractivity contribution is -0.115. The maximum atomic E-state index is 13.2. The number of methoxy groups -OCH3 is 2. The van der Waals surface area contributed by atoms with Gasteiger partial charge >= 0.3 is 0 Å². The largest absolute Gasteiger partial charge is 0.493 e. The van der Waals surface area contributed by atoms with E-state index < -0.39 is 0 Å². The summed E-state index contributed by atoms with van der Waals surface area (Å²) < 4.78 is 13.0. The summed E-state index contributed by atoms with van der Waals surface area (Å²) in [5, 5.41) is 0.937. The number of carbonyl (C=O) groups excluding carboxylic acids is 2. The Morgan fingerprint density at radius 2 is 1.77 bits per heavy atom. The van der Waals surface area contributed by atoms with E-state index in [9.17, 15) is 9.59 Å². The van der Waals surface area contributed by atoms with Crippen molar-refractivity contribution in [2.45, 2.75) is 32.2 Å². The van der Waals surface area contributed by atoms with Gasteiger partial charge < -0.3 is 14.0 Å². The van der Waals surface area contributed by atoms with Gasteiger partial charge in [0.1, 0.15) is 0 Å². The average molecular weight is 401 g/mol. The predicted octanol–water partition coefficient (Wildman–Crippen LogP) is 4.60. The molecule has 0 unspecified atom stereocenters. The van der Waals surface area contributed by atoms with E-state index in [4.69, 9.17) is 9.47 Å². The topological polar surface area (TPSA) is 57.5 Å². The number of nitrogens with zero attached hydrogens (tertiary/aromatic N) is 1. The Hall–Kier alpha value is -3.34. The molecule has 0 fully saturated rings. The number of fused-ring (bicyclic) bond motifs is 4. The standard InChI is InChI=1S/C25H23NO4/c1-29-20-11-10-15(14-21(20)30-2)12-13-26-18-8-4-3-6-16(18)23-24(26)17-7-5-9-19(27)22(17)25(23)28/h3-4,6,8,10-11,14H,5,7,9,12-13H2,1-2H3. The van der Waals surface area contributed by atoms with Crippen molar-refractivity contribution in [3.05, 3.63) is 64.9 Å². The van der Waals surface area contributed by atoms with Gasteiger partial charge in [-0.2, -0.15) is 0 Å². The summed E-state index contributed by atoms with van der Waals surface area (Å²) in [6.07, 6.45) is 2.84. The minimum absolute atomic E-state index is 0.00651. The lowest BCUT2D eigenvalue weighted by Crippen LogP contribution is -2.14. The highest BCUT2D eigenvalue weighted by atomic mass is 16.5. The number of hydrogen-bond acceptors (Lipinski definition) is 4. The Morgan fingerprint density at radius 3 is 2.57 bits per heavy atom. The molecule has 1 heterocycles. The molecular weight excluding hydrogens is 378 g/mol. The van der Waals surface area contributed by atoms with E-state index in [0.29, 0.717) is 35.6 Å². The van der Waals surface area contributed by atoms with Crippen LogP contribution in [0.15, 0.2) is 48.0 Å². The van der Waals surface area contributed by atoms with E-state index >= 15 is 0 Å². The zero-order chi connectivity index (χ0) is 20.8. The Morgan fingerprint density at radius 1 is 0.967 bits per heavy atom. The molecule has 2 aliphatic carbocycles. The maximum Gasteiger partial charge on any atom is 0.199 e. The van der Waals surface area contributed by atoms with E-state index in [1.54, 1.807) is 14.2 Å². The van der Waals surface area contributed by atoms with Gasteiger partial charge in [0.05, 0.1) is 31.1 Å². The molecule has 0 saturated heterocycles. The normalized spacial score (nSPS) is 15.5. The fraction of sp³-hybridized carbons (Fsp3) is 0.280. The first-order chi connectivity index (χ1) is 14.6. The Balaban J connectivity index is 1.59. The summed E-state index contributed by atoms with van der Waals surface area (Å²) in [5.74, 6) is 1.31. The van der Waals surface area contributed by atoms with Crippen molar-refractivity contribution in [2.24, 2.45) is 0 Å². The second-order valence-electron chi connectivity index (χ2n) is 7.79. The van der Waals surface area contributed by atoms with E-state index in [-0.39, 0.29) is 11.6 Å². The molecule has 0 amide bonds. The summed E-state index contributed by atoms with van der Waals surface area (Å²) in [6, 6.07) is 13.9. The smallest absolute Gasteiger partial charge is 0.199 e. The van der Waals surface area contributed by atoms with Gasteiger partial charge in [-0.05, 0) is 48.6 Å². The van der Waals surface area contributed by atoms with Crippen LogP contribution in [0, 0.1) is 0 Å². The van der Waals surface area contributed by atoms with Crippen molar-refractivity contribution >= 4 is 28.0 Å². The molecule has 2 aliphatic rings.